The lowest BCUT2D eigenvalue weighted by Crippen LogP contribution is -2.10. The first-order valence-corrected chi connectivity index (χ1v) is 5.79. The maximum absolute atomic E-state index is 9.55. The van der Waals surface area contributed by atoms with Gasteiger partial charge >= 0.3 is 0 Å². The van der Waals surface area contributed by atoms with Crippen LogP contribution in [0.25, 0.3) is 0 Å². The van der Waals surface area contributed by atoms with Crippen molar-refractivity contribution in [2.24, 2.45) is 0 Å². The van der Waals surface area contributed by atoms with Gasteiger partial charge in [0, 0.05) is 17.7 Å². The average molecular weight is 220 g/mol. The van der Waals surface area contributed by atoms with Crippen LogP contribution in [0.2, 0.25) is 0 Å². The van der Waals surface area contributed by atoms with Crippen molar-refractivity contribution in [1.29, 1.82) is 0 Å². The molecule has 2 nitrogen and oxygen atoms in total. The minimum absolute atomic E-state index is 0.291. The smallest absolute Gasteiger partial charge is 0.0897 e. The van der Waals surface area contributed by atoms with E-state index in [1.54, 1.807) is 11.3 Å². The molecular weight excluding hydrogens is 206 g/mol. The molecule has 0 spiro atoms. The molecule has 1 aromatic heterocycles. The highest BCUT2D eigenvalue weighted by atomic mass is 35.5. The summed E-state index contributed by atoms with van der Waals surface area (Å²) in [7, 11) is 0. The highest BCUT2D eigenvalue weighted by molar-refractivity contribution is 7.09. The van der Waals surface area contributed by atoms with Crippen LogP contribution in [0, 0.1) is 6.92 Å². The van der Waals surface area contributed by atoms with Gasteiger partial charge in [-0.15, -0.1) is 22.9 Å². The molecule has 0 saturated heterocycles. The first kappa shape index (κ1) is 11.0. The number of rotatable bonds is 5. The topological polar surface area (TPSA) is 33.1 Å². The van der Waals surface area contributed by atoms with Crippen LogP contribution in [-0.4, -0.2) is 22.1 Å². The zero-order chi connectivity index (χ0) is 9.68. The number of alkyl halides is 1. The van der Waals surface area contributed by atoms with E-state index in [1.165, 1.54) is 0 Å². The van der Waals surface area contributed by atoms with Crippen molar-refractivity contribution in [2.75, 3.05) is 5.88 Å². The van der Waals surface area contributed by atoms with E-state index in [0.29, 0.717) is 12.3 Å². The van der Waals surface area contributed by atoms with Crippen molar-refractivity contribution < 1.29 is 5.11 Å². The van der Waals surface area contributed by atoms with Crippen molar-refractivity contribution in [3.8, 4) is 0 Å². The average Bonchev–Trinajstić information content (AvgIpc) is 2.48. The van der Waals surface area contributed by atoms with E-state index < -0.39 is 0 Å². The Hall–Kier alpha value is -0.120. The number of nitrogens with zero attached hydrogens (tertiary/aromatic N) is 1. The molecule has 0 amide bonds. The number of aromatic nitrogens is 1. The number of aryl methyl sites for hydroxylation is 1. The highest BCUT2D eigenvalue weighted by Crippen LogP contribution is 2.11. The van der Waals surface area contributed by atoms with E-state index in [-0.39, 0.29) is 6.10 Å². The quantitative estimate of drug-likeness (QED) is 0.772. The van der Waals surface area contributed by atoms with Crippen molar-refractivity contribution >= 4 is 22.9 Å². The van der Waals surface area contributed by atoms with Gasteiger partial charge in [0.05, 0.1) is 16.8 Å². The molecule has 1 unspecified atom stereocenters. The number of hydrogen-bond donors (Lipinski definition) is 1. The fourth-order valence-electron chi connectivity index (χ4n) is 1.16. The third kappa shape index (κ3) is 4.07. The molecule has 13 heavy (non-hydrogen) atoms. The van der Waals surface area contributed by atoms with Crippen LogP contribution in [0.3, 0.4) is 0 Å². The van der Waals surface area contributed by atoms with Crippen molar-refractivity contribution in [3.05, 3.63) is 16.1 Å². The number of aliphatic hydroxyl groups excluding tert-OH is 1. The lowest BCUT2D eigenvalue weighted by molar-refractivity contribution is 0.163. The SMILES string of the molecule is Cc1nc(CC(O)CCCCl)cs1. The molecule has 0 aliphatic carbocycles. The summed E-state index contributed by atoms with van der Waals surface area (Å²) < 4.78 is 0. The Bertz CT molecular complexity index is 252. The van der Waals surface area contributed by atoms with E-state index in [0.717, 1.165) is 23.5 Å². The van der Waals surface area contributed by atoms with Crippen LogP contribution in [0.15, 0.2) is 5.38 Å². The third-order valence-corrected chi connectivity index (χ3v) is 2.87. The Morgan fingerprint density at radius 2 is 2.46 bits per heavy atom. The molecule has 0 aromatic carbocycles. The van der Waals surface area contributed by atoms with E-state index in [1.807, 2.05) is 12.3 Å². The minimum atomic E-state index is -0.291. The largest absolute Gasteiger partial charge is 0.393 e. The number of thiazole rings is 1. The first-order chi connectivity index (χ1) is 6.22. The van der Waals surface area contributed by atoms with Crippen LogP contribution < -0.4 is 0 Å². The second-order valence-corrected chi connectivity index (χ2v) is 4.49. The minimum Gasteiger partial charge on any atom is -0.393 e. The van der Waals surface area contributed by atoms with E-state index in [9.17, 15) is 5.11 Å². The third-order valence-electron chi connectivity index (χ3n) is 1.78. The summed E-state index contributed by atoms with van der Waals surface area (Å²) in [6.45, 7) is 1.97. The van der Waals surface area contributed by atoms with Crippen LogP contribution in [-0.2, 0) is 6.42 Å². The van der Waals surface area contributed by atoms with Crippen LogP contribution >= 0.6 is 22.9 Å². The Labute approximate surface area is 87.6 Å². The summed E-state index contributed by atoms with van der Waals surface area (Å²) >= 11 is 7.15. The molecule has 0 saturated carbocycles. The van der Waals surface area contributed by atoms with Gasteiger partial charge in [0.25, 0.3) is 0 Å². The molecule has 0 aliphatic rings. The van der Waals surface area contributed by atoms with Crippen molar-refractivity contribution in [2.45, 2.75) is 32.3 Å². The van der Waals surface area contributed by atoms with Gasteiger partial charge in [0.1, 0.15) is 0 Å². The van der Waals surface area contributed by atoms with E-state index >= 15 is 0 Å². The second-order valence-electron chi connectivity index (χ2n) is 3.05. The highest BCUT2D eigenvalue weighted by Gasteiger charge is 2.07. The number of aliphatic hydroxyl groups is 1. The lowest BCUT2D eigenvalue weighted by atomic mass is 10.1. The molecular formula is C9H14ClNOS. The van der Waals surface area contributed by atoms with Gasteiger partial charge < -0.3 is 5.11 Å². The molecule has 1 rings (SSSR count). The first-order valence-electron chi connectivity index (χ1n) is 4.37. The fourth-order valence-corrected chi connectivity index (χ4v) is 1.94. The second kappa shape index (κ2) is 5.58. The van der Waals surface area contributed by atoms with Gasteiger partial charge in [-0.3, -0.25) is 0 Å². The van der Waals surface area contributed by atoms with Crippen LogP contribution in [0.4, 0.5) is 0 Å². The molecule has 0 aliphatic heterocycles. The zero-order valence-corrected chi connectivity index (χ0v) is 9.24. The van der Waals surface area contributed by atoms with Gasteiger partial charge in [-0.05, 0) is 19.8 Å². The van der Waals surface area contributed by atoms with Crippen molar-refractivity contribution in [1.82, 2.24) is 4.98 Å². The molecule has 1 N–H and O–H groups in total. The van der Waals surface area contributed by atoms with Crippen LogP contribution in [0.5, 0.6) is 0 Å². The Balaban J connectivity index is 2.31. The molecule has 4 heteroatoms. The van der Waals surface area contributed by atoms with Gasteiger partial charge in [-0.25, -0.2) is 4.98 Å². The van der Waals surface area contributed by atoms with Crippen molar-refractivity contribution in [3.63, 3.8) is 0 Å². The molecule has 0 bridgehead atoms. The monoisotopic (exact) mass is 219 g/mol. The number of hydrogen-bond acceptors (Lipinski definition) is 3. The van der Waals surface area contributed by atoms with Gasteiger partial charge in [-0.1, -0.05) is 0 Å². The lowest BCUT2D eigenvalue weighted by Gasteiger charge is -2.06. The predicted molar refractivity (Wildman–Crippen MR) is 56.5 cm³/mol. The summed E-state index contributed by atoms with van der Waals surface area (Å²) in [4.78, 5) is 4.28. The maximum Gasteiger partial charge on any atom is 0.0897 e. The normalized spacial score (nSPS) is 13.2. The molecule has 0 fully saturated rings. The summed E-state index contributed by atoms with van der Waals surface area (Å²) in [5, 5.41) is 12.6. The fraction of sp³-hybridized carbons (Fsp3) is 0.667. The Morgan fingerprint density at radius 3 is 3.00 bits per heavy atom. The Morgan fingerprint density at radius 1 is 1.69 bits per heavy atom. The summed E-state index contributed by atoms with van der Waals surface area (Å²) in [6.07, 6.45) is 1.99. The molecule has 1 aromatic rings. The molecule has 1 atom stereocenters. The van der Waals surface area contributed by atoms with E-state index in [4.69, 9.17) is 11.6 Å². The predicted octanol–water partition coefficient (Wildman–Crippen LogP) is 2.37. The van der Waals surface area contributed by atoms with Gasteiger partial charge in [0.15, 0.2) is 0 Å². The standard InChI is InChI=1S/C9H14ClNOS/c1-7-11-8(6-13-7)5-9(12)3-2-4-10/h6,9,12H,2-5H2,1H3. The van der Waals surface area contributed by atoms with Crippen LogP contribution in [0.1, 0.15) is 23.5 Å². The summed E-state index contributed by atoms with van der Waals surface area (Å²) in [5.41, 5.74) is 0.990. The zero-order valence-electron chi connectivity index (χ0n) is 7.66. The van der Waals surface area contributed by atoms with Gasteiger partial charge in [0.2, 0.25) is 0 Å². The molecule has 1 heterocycles. The van der Waals surface area contributed by atoms with Gasteiger partial charge in [-0.2, -0.15) is 0 Å². The maximum atomic E-state index is 9.55. The summed E-state index contributed by atoms with van der Waals surface area (Å²) in [6, 6.07) is 0. The number of halogens is 1. The summed E-state index contributed by atoms with van der Waals surface area (Å²) in [5.74, 6) is 0.618. The Kier molecular flexibility index (Phi) is 4.70. The molecule has 0 radical (unpaired) electrons. The van der Waals surface area contributed by atoms with E-state index in [2.05, 4.69) is 4.98 Å². The molecule has 74 valence electrons.